The number of carboxylic acid groups (broad SMARTS) is 1. The maximum absolute atomic E-state index is 12.2. The van der Waals surface area contributed by atoms with Crippen molar-refractivity contribution >= 4 is 16.0 Å². The first-order valence-electron chi connectivity index (χ1n) is 5.40. The molecule has 0 saturated carbocycles. The molecular weight excluding hydrogens is 278 g/mol. The number of hydrogen-bond acceptors (Lipinski definition) is 5. The number of H-pyrrole nitrogens is 2. The highest BCUT2D eigenvalue weighted by molar-refractivity contribution is 7.89. The van der Waals surface area contributed by atoms with Crippen molar-refractivity contribution in [3.8, 4) is 0 Å². The van der Waals surface area contributed by atoms with Crippen LogP contribution in [0.2, 0.25) is 0 Å². The number of carboxylic acids is 1. The van der Waals surface area contributed by atoms with E-state index in [9.17, 15) is 22.8 Å². The smallest absolute Gasteiger partial charge is 0.325 e. The van der Waals surface area contributed by atoms with Gasteiger partial charge in [-0.3, -0.25) is 14.6 Å². The van der Waals surface area contributed by atoms with Crippen LogP contribution in [-0.4, -0.2) is 46.4 Å². The molecule has 1 atom stereocenters. The number of nitrogens with one attached hydrogen (secondary N) is 2. The largest absolute Gasteiger partial charge is 0.480 e. The highest BCUT2D eigenvalue weighted by Gasteiger charge is 2.40. The molecule has 0 bridgehead atoms. The predicted octanol–water partition coefficient (Wildman–Crippen LogP) is -1.70. The van der Waals surface area contributed by atoms with E-state index in [0.717, 1.165) is 10.5 Å². The Labute approximate surface area is 106 Å². The summed E-state index contributed by atoms with van der Waals surface area (Å²) < 4.78 is 25.2. The van der Waals surface area contributed by atoms with Gasteiger partial charge in [-0.1, -0.05) is 0 Å². The minimum absolute atomic E-state index is 0.0257. The van der Waals surface area contributed by atoms with Gasteiger partial charge < -0.3 is 10.1 Å². The molecule has 0 amide bonds. The van der Waals surface area contributed by atoms with Crippen LogP contribution in [0.1, 0.15) is 12.8 Å². The fourth-order valence-electron chi connectivity index (χ4n) is 1.99. The van der Waals surface area contributed by atoms with Crippen molar-refractivity contribution in [3.63, 3.8) is 0 Å². The summed E-state index contributed by atoms with van der Waals surface area (Å²) in [5, 5.41) is 8.96. The molecule has 1 saturated heterocycles. The fourth-order valence-corrected chi connectivity index (χ4v) is 3.64. The first-order chi connectivity index (χ1) is 8.84. The van der Waals surface area contributed by atoms with Crippen molar-refractivity contribution in [2.24, 2.45) is 0 Å². The first kappa shape index (κ1) is 13.5. The Hall–Kier alpha value is -1.94. The van der Waals surface area contributed by atoms with Gasteiger partial charge in [-0.25, -0.2) is 13.2 Å². The van der Waals surface area contributed by atoms with Gasteiger partial charge in [0, 0.05) is 12.7 Å². The predicted molar refractivity (Wildman–Crippen MR) is 62.2 cm³/mol. The van der Waals surface area contributed by atoms with Crippen molar-refractivity contribution in [2.45, 2.75) is 23.8 Å². The van der Waals surface area contributed by atoms with Crippen LogP contribution in [0.25, 0.3) is 0 Å². The Bertz CT molecular complexity index is 718. The van der Waals surface area contributed by atoms with Gasteiger partial charge in [0.25, 0.3) is 15.6 Å². The average molecular weight is 289 g/mol. The topological polar surface area (TPSA) is 140 Å². The summed E-state index contributed by atoms with van der Waals surface area (Å²) >= 11 is 0. The molecule has 1 aromatic heterocycles. The summed E-state index contributed by atoms with van der Waals surface area (Å²) in [5.74, 6) is -1.26. The molecule has 104 valence electrons. The number of aromatic nitrogens is 2. The molecule has 0 spiro atoms. The standard InChI is InChI=1S/C9H11N3O6S/c13-7-6(4-10-9(16)11-7)19(17,18)12-3-1-2-5(12)8(14)15/h4-5H,1-3H2,(H,14,15)(H2,10,11,13,16). The van der Waals surface area contributed by atoms with Crippen molar-refractivity contribution in [1.29, 1.82) is 0 Å². The molecular formula is C9H11N3O6S. The second kappa shape index (κ2) is 4.63. The molecule has 1 aromatic rings. The van der Waals surface area contributed by atoms with Gasteiger partial charge in [0.2, 0.25) is 0 Å². The Kier molecular flexibility index (Phi) is 3.28. The van der Waals surface area contributed by atoms with Crippen LogP contribution in [0.15, 0.2) is 20.7 Å². The van der Waals surface area contributed by atoms with Crippen LogP contribution in [0.4, 0.5) is 0 Å². The van der Waals surface area contributed by atoms with Gasteiger partial charge in [0.05, 0.1) is 0 Å². The van der Waals surface area contributed by atoms with Crippen molar-refractivity contribution in [2.75, 3.05) is 6.54 Å². The third-order valence-corrected chi connectivity index (χ3v) is 4.77. The Morgan fingerprint density at radius 2 is 2.11 bits per heavy atom. The molecule has 2 rings (SSSR count). The molecule has 10 heteroatoms. The zero-order valence-electron chi connectivity index (χ0n) is 9.62. The van der Waals surface area contributed by atoms with Crippen molar-refractivity contribution in [1.82, 2.24) is 14.3 Å². The molecule has 1 fully saturated rings. The monoisotopic (exact) mass is 289 g/mol. The molecule has 0 aliphatic carbocycles. The van der Waals surface area contributed by atoms with E-state index in [0.29, 0.717) is 6.42 Å². The Morgan fingerprint density at radius 1 is 1.42 bits per heavy atom. The lowest BCUT2D eigenvalue weighted by molar-refractivity contribution is -0.140. The quantitative estimate of drug-likeness (QED) is 0.606. The summed E-state index contributed by atoms with van der Waals surface area (Å²) in [4.78, 5) is 36.5. The van der Waals surface area contributed by atoms with Gasteiger partial charge in [-0.2, -0.15) is 4.31 Å². The lowest BCUT2D eigenvalue weighted by atomic mass is 10.2. The summed E-state index contributed by atoms with van der Waals surface area (Å²) in [6.07, 6.45) is 1.36. The molecule has 1 aliphatic rings. The molecule has 19 heavy (non-hydrogen) atoms. The van der Waals surface area contributed by atoms with Gasteiger partial charge in [-0.15, -0.1) is 0 Å². The Balaban J connectivity index is 2.51. The highest BCUT2D eigenvalue weighted by atomic mass is 32.2. The molecule has 0 aromatic carbocycles. The van der Waals surface area contributed by atoms with Crippen LogP contribution in [0.3, 0.4) is 0 Å². The molecule has 1 aliphatic heterocycles. The average Bonchev–Trinajstić information content (AvgIpc) is 2.77. The van der Waals surface area contributed by atoms with E-state index in [-0.39, 0.29) is 13.0 Å². The zero-order chi connectivity index (χ0) is 14.2. The van der Waals surface area contributed by atoms with Crippen molar-refractivity contribution in [3.05, 3.63) is 27.0 Å². The van der Waals surface area contributed by atoms with Crippen molar-refractivity contribution < 1.29 is 18.3 Å². The minimum Gasteiger partial charge on any atom is -0.480 e. The number of aliphatic carboxylic acids is 1. The lowest BCUT2D eigenvalue weighted by Gasteiger charge is -2.20. The van der Waals surface area contributed by atoms with E-state index in [2.05, 4.69) is 0 Å². The highest BCUT2D eigenvalue weighted by Crippen LogP contribution is 2.24. The summed E-state index contributed by atoms with van der Waals surface area (Å²) in [6, 6.07) is -1.18. The number of nitrogens with zero attached hydrogens (tertiary/aromatic N) is 1. The maximum atomic E-state index is 12.2. The van der Waals surface area contributed by atoms with E-state index in [1.165, 1.54) is 0 Å². The molecule has 9 nitrogen and oxygen atoms in total. The second-order valence-electron chi connectivity index (χ2n) is 4.05. The van der Waals surface area contributed by atoms with Crippen LogP contribution >= 0.6 is 0 Å². The fraction of sp³-hybridized carbons (Fsp3) is 0.444. The Morgan fingerprint density at radius 3 is 2.68 bits per heavy atom. The van der Waals surface area contributed by atoms with E-state index >= 15 is 0 Å². The maximum Gasteiger partial charge on any atom is 0.325 e. The van der Waals surface area contributed by atoms with Crippen LogP contribution < -0.4 is 11.2 Å². The van der Waals surface area contributed by atoms with Gasteiger partial charge in [-0.05, 0) is 12.8 Å². The number of hydrogen-bond donors (Lipinski definition) is 3. The third-order valence-electron chi connectivity index (χ3n) is 2.86. The summed E-state index contributed by atoms with van der Waals surface area (Å²) in [6.45, 7) is 0.0257. The molecule has 2 heterocycles. The number of carbonyl (C=O) groups is 1. The number of rotatable bonds is 3. The molecule has 3 N–H and O–H groups in total. The lowest BCUT2D eigenvalue weighted by Crippen LogP contribution is -2.42. The number of aromatic amines is 2. The second-order valence-corrected chi connectivity index (χ2v) is 5.91. The number of sulfonamides is 1. The van der Waals surface area contributed by atoms with E-state index in [4.69, 9.17) is 5.11 Å². The van der Waals surface area contributed by atoms with E-state index < -0.39 is 38.2 Å². The van der Waals surface area contributed by atoms with Crippen LogP contribution in [0, 0.1) is 0 Å². The third kappa shape index (κ3) is 2.31. The van der Waals surface area contributed by atoms with Gasteiger partial charge in [0.1, 0.15) is 6.04 Å². The SMILES string of the molecule is O=C(O)C1CCCN1S(=O)(=O)c1c[nH]c(=O)[nH]c1=O. The summed E-state index contributed by atoms with van der Waals surface area (Å²) in [5.41, 5.74) is -1.90. The van der Waals surface area contributed by atoms with E-state index in [1.54, 1.807) is 4.98 Å². The molecule has 1 unspecified atom stereocenters. The van der Waals surface area contributed by atoms with E-state index in [1.807, 2.05) is 4.98 Å². The zero-order valence-corrected chi connectivity index (χ0v) is 10.4. The van der Waals surface area contributed by atoms with Crippen LogP contribution in [-0.2, 0) is 14.8 Å². The van der Waals surface area contributed by atoms with Gasteiger partial charge in [0.15, 0.2) is 4.90 Å². The first-order valence-corrected chi connectivity index (χ1v) is 6.84. The van der Waals surface area contributed by atoms with Crippen LogP contribution in [0.5, 0.6) is 0 Å². The van der Waals surface area contributed by atoms with Gasteiger partial charge >= 0.3 is 11.7 Å². The normalized spacial score (nSPS) is 20.5. The summed E-state index contributed by atoms with van der Waals surface area (Å²) in [7, 11) is -4.24. The minimum atomic E-state index is -4.24. The molecule has 0 radical (unpaired) electrons.